The van der Waals surface area contributed by atoms with Crippen LogP contribution in [0.3, 0.4) is 0 Å². The molecule has 0 saturated carbocycles. The van der Waals surface area contributed by atoms with Gasteiger partial charge in [0.1, 0.15) is 0 Å². The van der Waals surface area contributed by atoms with E-state index >= 15 is 0 Å². The number of anilines is 1. The number of hydrogen-bond acceptors (Lipinski definition) is 6. The lowest BCUT2D eigenvalue weighted by Crippen LogP contribution is -2.27. The lowest BCUT2D eigenvalue weighted by molar-refractivity contribution is 0.445. The summed E-state index contributed by atoms with van der Waals surface area (Å²) < 4.78 is 6.07. The van der Waals surface area contributed by atoms with Crippen LogP contribution in [0.1, 0.15) is 40.0 Å². The van der Waals surface area contributed by atoms with Gasteiger partial charge in [0.05, 0.1) is 6.54 Å². The molecular formula is C13H24N4OS. The van der Waals surface area contributed by atoms with Gasteiger partial charge in [-0.15, -0.1) is 5.10 Å². The second-order valence-corrected chi connectivity index (χ2v) is 7.66. The van der Waals surface area contributed by atoms with Crippen LogP contribution in [-0.2, 0) is 6.54 Å². The smallest absolute Gasteiger partial charge is 0.318 e. The first-order valence-electron chi connectivity index (χ1n) is 6.91. The Hall–Kier alpha value is -0.750. The molecule has 19 heavy (non-hydrogen) atoms. The highest BCUT2D eigenvalue weighted by Gasteiger charge is 2.25. The van der Waals surface area contributed by atoms with Crippen LogP contribution < -0.4 is 10.2 Å². The maximum absolute atomic E-state index is 5.73. The lowest BCUT2D eigenvalue weighted by Gasteiger charge is -2.21. The molecule has 1 aliphatic heterocycles. The molecule has 0 bridgehead atoms. The van der Waals surface area contributed by atoms with E-state index in [0.29, 0.717) is 29.2 Å². The highest BCUT2D eigenvalue weighted by molar-refractivity contribution is 8.00. The van der Waals surface area contributed by atoms with Crippen molar-refractivity contribution in [3.8, 4) is 0 Å². The van der Waals surface area contributed by atoms with Gasteiger partial charge < -0.3 is 14.6 Å². The number of aromatic nitrogens is 2. The molecular weight excluding hydrogens is 260 g/mol. The summed E-state index contributed by atoms with van der Waals surface area (Å²) in [4.78, 5) is 2.20. The average Bonchev–Trinajstić information content (AvgIpc) is 2.72. The zero-order valence-electron chi connectivity index (χ0n) is 12.3. The maximum Gasteiger partial charge on any atom is 0.318 e. The minimum atomic E-state index is 0.344. The molecule has 1 saturated heterocycles. The average molecular weight is 284 g/mol. The molecule has 0 unspecified atom stereocenters. The molecule has 1 fully saturated rings. The summed E-state index contributed by atoms with van der Waals surface area (Å²) in [5.41, 5.74) is 0. The van der Waals surface area contributed by atoms with Crippen molar-refractivity contribution in [1.29, 1.82) is 0 Å². The minimum absolute atomic E-state index is 0.344. The first-order valence-corrected chi connectivity index (χ1v) is 7.89. The molecule has 1 N–H and O–H groups in total. The third-order valence-electron chi connectivity index (χ3n) is 3.23. The third kappa shape index (κ3) is 4.38. The summed E-state index contributed by atoms with van der Waals surface area (Å²) in [5, 5.41) is 11.6. The van der Waals surface area contributed by atoms with Gasteiger partial charge in [-0.05, 0) is 6.42 Å². The number of hydrogen-bond donors (Lipinski definition) is 1. The van der Waals surface area contributed by atoms with Gasteiger partial charge in [-0.1, -0.05) is 32.8 Å². The fraction of sp³-hybridized carbons (Fsp3) is 0.846. The van der Waals surface area contributed by atoms with E-state index in [9.17, 15) is 0 Å². The third-order valence-corrected chi connectivity index (χ3v) is 4.60. The highest BCUT2D eigenvalue weighted by Crippen LogP contribution is 2.31. The van der Waals surface area contributed by atoms with E-state index in [4.69, 9.17) is 4.42 Å². The predicted molar refractivity (Wildman–Crippen MR) is 79.6 cm³/mol. The molecule has 5 nitrogen and oxygen atoms in total. The monoisotopic (exact) mass is 284 g/mol. The Morgan fingerprint density at radius 1 is 1.37 bits per heavy atom. The quantitative estimate of drug-likeness (QED) is 0.915. The van der Waals surface area contributed by atoms with Crippen LogP contribution in [-0.4, -0.2) is 39.8 Å². The van der Waals surface area contributed by atoms with Gasteiger partial charge >= 0.3 is 6.01 Å². The summed E-state index contributed by atoms with van der Waals surface area (Å²) in [6.45, 7) is 11.4. The first-order chi connectivity index (χ1) is 8.96. The van der Waals surface area contributed by atoms with E-state index in [2.05, 4.69) is 48.1 Å². The van der Waals surface area contributed by atoms with E-state index in [-0.39, 0.29) is 0 Å². The lowest BCUT2D eigenvalue weighted by atomic mass is 10.1. The molecule has 0 radical (unpaired) electrons. The molecule has 0 atom stereocenters. The summed E-state index contributed by atoms with van der Waals surface area (Å²) >= 11 is 2.02. The highest BCUT2D eigenvalue weighted by atomic mass is 32.2. The Bertz CT molecular complexity index is 405. The van der Waals surface area contributed by atoms with E-state index < -0.39 is 0 Å². The molecule has 1 aliphatic rings. The van der Waals surface area contributed by atoms with Gasteiger partial charge in [0.15, 0.2) is 0 Å². The van der Waals surface area contributed by atoms with Crippen molar-refractivity contribution in [2.24, 2.45) is 0 Å². The zero-order valence-corrected chi connectivity index (χ0v) is 13.1. The molecule has 2 rings (SSSR count). The Morgan fingerprint density at radius 2 is 2.16 bits per heavy atom. The Balaban J connectivity index is 1.94. The van der Waals surface area contributed by atoms with Gasteiger partial charge in [-0.3, -0.25) is 0 Å². The maximum atomic E-state index is 5.73. The second kappa shape index (κ2) is 6.13. The molecule has 1 aromatic rings. The summed E-state index contributed by atoms with van der Waals surface area (Å²) in [6, 6.07) is 1.09. The van der Waals surface area contributed by atoms with Gasteiger partial charge in [0.2, 0.25) is 5.89 Å². The topological polar surface area (TPSA) is 54.2 Å². The fourth-order valence-corrected chi connectivity index (χ4v) is 3.05. The van der Waals surface area contributed by atoms with E-state index in [1.807, 2.05) is 11.8 Å². The molecule has 0 amide bonds. The van der Waals surface area contributed by atoms with Crippen molar-refractivity contribution in [3.63, 3.8) is 0 Å². The Morgan fingerprint density at radius 3 is 2.89 bits per heavy atom. The van der Waals surface area contributed by atoms with E-state index in [1.54, 1.807) is 0 Å². The van der Waals surface area contributed by atoms with Crippen LogP contribution in [0.4, 0.5) is 6.01 Å². The van der Waals surface area contributed by atoms with Crippen LogP contribution in [0, 0.1) is 0 Å². The molecule has 0 spiro atoms. The summed E-state index contributed by atoms with van der Waals surface area (Å²) in [5.74, 6) is 1.77. The van der Waals surface area contributed by atoms with Crippen molar-refractivity contribution in [1.82, 2.24) is 15.5 Å². The van der Waals surface area contributed by atoms with Crippen molar-refractivity contribution < 1.29 is 4.42 Å². The normalized spacial score (nSPS) is 19.7. The molecule has 6 heteroatoms. The Labute approximate surface area is 119 Å². The largest absolute Gasteiger partial charge is 0.407 e. The van der Waals surface area contributed by atoms with Crippen LogP contribution in [0.5, 0.6) is 0 Å². The van der Waals surface area contributed by atoms with Gasteiger partial charge in [0, 0.05) is 29.6 Å². The minimum Gasteiger partial charge on any atom is -0.407 e. The van der Waals surface area contributed by atoms with Crippen LogP contribution in [0.25, 0.3) is 0 Å². The Kier molecular flexibility index (Phi) is 4.73. The molecule has 0 aromatic carbocycles. The standard InChI is InChI=1S/C13H24N4OS/c1-10(2)14-9-11-15-16-12(18-11)17-6-5-13(3,4)19-8-7-17/h10,14H,5-9H2,1-4H3. The van der Waals surface area contributed by atoms with Crippen LogP contribution >= 0.6 is 11.8 Å². The molecule has 1 aromatic heterocycles. The predicted octanol–water partition coefficient (Wildman–Crippen LogP) is 2.29. The molecule has 0 aliphatic carbocycles. The van der Waals surface area contributed by atoms with Crippen molar-refractivity contribution in [2.45, 2.75) is 51.4 Å². The number of nitrogens with zero attached hydrogens (tertiary/aromatic N) is 3. The first kappa shape index (κ1) is 14.7. The molecule has 2 heterocycles. The van der Waals surface area contributed by atoms with E-state index in [1.165, 1.54) is 0 Å². The zero-order chi connectivity index (χ0) is 13.9. The van der Waals surface area contributed by atoms with Gasteiger partial charge in [-0.2, -0.15) is 11.8 Å². The summed E-state index contributed by atoms with van der Waals surface area (Å²) in [7, 11) is 0. The number of thioether (sulfide) groups is 1. The number of nitrogens with one attached hydrogen (secondary N) is 1. The van der Waals surface area contributed by atoms with Crippen LogP contribution in [0.2, 0.25) is 0 Å². The van der Waals surface area contributed by atoms with Gasteiger partial charge in [-0.25, -0.2) is 0 Å². The van der Waals surface area contributed by atoms with Gasteiger partial charge in [0.25, 0.3) is 0 Å². The van der Waals surface area contributed by atoms with E-state index in [0.717, 1.165) is 25.3 Å². The number of rotatable bonds is 4. The van der Waals surface area contributed by atoms with Crippen molar-refractivity contribution in [2.75, 3.05) is 23.7 Å². The second-order valence-electron chi connectivity index (χ2n) is 5.86. The summed E-state index contributed by atoms with van der Waals surface area (Å²) in [6.07, 6.45) is 1.14. The van der Waals surface area contributed by atoms with Crippen molar-refractivity contribution >= 4 is 17.8 Å². The fourth-order valence-electron chi connectivity index (χ4n) is 1.95. The van der Waals surface area contributed by atoms with Crippen LogP contribution in [0.15, 0.2) is 4.42 Å². The molecule has 108 valence electrons. The SMILES string of the molecule is CC(C)NCc1nnc(N2CCSC(C)(C)CC2)o1. The van der Waals surface area contributed by atoms with Crippen molar-refractivity contribution in [3.05, 3.63) is 5.89 Å².